The van der Waals surface area contributed by atoms with Crippen LogP contribution in [-0.2, 0) is 0 Å². The molecular weight excluding hydrogens is 246 g/mol. The molecule has 2 rings (SSSR count). The molecule has 0 fully saturated rings. The minimum Gasteiger partial charge on any atom is -0.389 e. The van der Waals surface area contributed by atoms with Crippen LogP contribution in [0.2, 0.25) is 0 Å². The van der Waals surface area contributed by atoms with Gasteiger partial charge in [0.15, 0.2) is 0 Å². The van der Waals surface area contributed by atoms with Crippen molar-refractivity contribution in [3.63, 3.8) is 0 Å². The average molecular weight is 261 g/mol. The highest BCUT2D eigenvalue weighted by atomic mass is 32.1. The molecule has 0 aromatic carbocycles. The fraction of sp³-hybridized carbons (Fsp3) is 0.250. The lowest BCUT2D eigenvalue weighted by atomic mass is 10.2. The molecule has 2 aromatic rings. The second kappa shape index (κ2) is 5.14. The van der Waals surface area contributed by atoms with Gasteiger partial charge in [-0.2, -0.15) is 5.10 Å². The minimum atomic E-state index is 0.324. The third-order valence-corrected chi connectivity index (χ3v) is 2.72. The van der Waals surface area contributed by atoms with Gasteiger partial charge in [0.2, 0.25) is 0 Å². The van der Waals surface area contributed by atoms with Crippen molar-refractivity contribution >= 4 is 28.6 Å². The Morgan fingerprint density at radius 3 is 2.83 bits per heavy atom. The highest BCUT2D eigenvalue weighted by Crippen LogP contribution is 2.20. The van der Waals surface area contributed by atoms with Crippen LogP contribution in [0.3, 0.4) is 0 Å². The molecule has 0 spiro atoms. The van der Waals surface area contributed by atoms with Crippen molar-refractivity contribution < 1.29 is 0 Å². The standard InChI is InChI=1S/C12H15N5S/c1-8(2)17-7-9(5-15-17)16-11-6-14-4-3-10(11)12(13)18/h3-8,16H,1-2H3,(H2,13,18). The van der Waals surface area contributed by atoms with E-state index in [9.17, 15) is 0 Å². The first-order valence-electron chi connectivity index (χ1n) is 5.63. The number of aromatic nitrogens is 3. The summed E-state index contributed by atoms with van der Waals surface area (Å²) in [4.78, 5) is 4.40. The lowest BCUT2D eigenvalue weighted by molar-refractivity contribution is 0.532. The molecule has 5 nitrogen and oxygen atoms in total. The molecule has 2 aromatic heterocycles. The van der Waals surface area contributed by atoms with Crippen LogP contribution in [0.5, 0.6) is 0 Å². The Kier molecular flexibility index (Phi) is 3.57. The van der Waals surface area contributed by atoms with Gasteiger partial charge in [-0.05, 0) is 19.9 Å². The Morgan fingerprint density at radius 1 is 1.44 bits per heavy atom. The molecule has 0 saturated carbocycles. The molecule has 94 valence electrons. The molecule has 0 aliphatic rings. The molecule has 2 heterocycles. The highest BCUT2D eigenvalue weighted by molar-refractivity contribution is 7.80. The third kappa shape index (κ3) is 2.65. The van der Waals surface area contributed by atoms with Crippen molar-refractivity contribution in [3.8, 4) is 0 Å². The van der Waals surface area contributed by atoms with Gasteiger partial charge in [0.1, 0.15) is 4.99 Å². The number of nitrogens with zero attached hydrogens (tertiary/aromatic N) is 3. The maximum absolute atomic E-state index is 5.66. The van der Waals surface area contributed by atoms with Gasteiger partial charge < -0.3 is 11.1 Å². The monoisotopic (exact) mass is 261 g/mol. The molecule has 0 aliphatic heterocycles. The lowest BCUT2D eigenvalue weighted by Crippen LogP contribution is -2.12. The van der Waals surface area contributed by atoms with E-state index in [0.29, 0.717) is 11.0 Å². The molecule has 0 aliphatic carbocycles. The van der Waals surface area contributed by atoms with E-state index in [1.165, 1.54) is 0 Å². The van der Waals surface area contributed by atoms with E-state index < -0.39 is 0 Å². The van der Waals surface area contributed by atoms with E-state index >= 15 is 0 Å². The number of pyridine rings is 1. The van der Waals surface area contributed by atoms with E-state index in [1.807, 2.05) is 10.9 Å². The van der Waals surface area contributed by atoms with E-state index in [1.54, 1.807) is 24.7 Å². The Morgan fingerprint density at radius 2 is 2.22 bits per heavy atom. The summed E-state index contributed by atoms with van der Waals surface area (Å²) in [6.07, 6.45) is 7.05. The van der Waals surface area contributed by atoms with Crippen molar-refractivity contribution in [1.29, 1.82) is 0 Å². The SMILES string of the molecule is CC(C)n1cc(Nc2cnccc2C(N)=S)cn1. The van der Waals surface area contributed by atoms with Crippen molar-refractivity contribution in [3.05, 3.63) is 36.4 Å². The second-order valence-corrected chi connectivity index (χ2v) is 4.65. The van der Waals surface area contributed by atoms with Crippen LogP contribution < -0.4 is 11.1 Å². The number of hydrogen-bond donors (Lipinski definition) is 2. The van der Waals surface area contributed by atoms with Crippen LogP contribution in [0, 0.1) is 0 Å². The topological polar surface area (TPSA) is 68.8 Å². The van der Waals surface area contributed by atoms with Gasteiger partial charge >= 0.3 is 0 Å². The van der Waals surface area contributed by atoms with Crippen LogP contribution >= 0.6 is 12.2 Å². The van der Waals surface area contributed by atoms with Crippen molar-refractivity contribution in [1.82, 2.24) is 14.8 Å². The van der Waals surface area contributed by atoms with Gasteiger partial charge in [0.05, 0.1) is 23.8 Å². The normalized spacial score (nSPS) is 10.6. The summed E-state index contributed by atoms with van der Waals surface area (Å²) in [6, 6.07) is 2.11. The summed E-state index contributed by atoms with van der Waals surface area (Å²) >= 11 is 5.00. The summed E-state index contributed by atoms with van der Waals surface area (Å²) in [7, 11) is 0. The number of thiocarbonyl (C=S) groups is 1. The highest BCUT2D eigenvalue weighted by Gasteiger charge is 2.07. The Labute approximate surface area is 111 Å². The zero-order chi connectivity index (χ0) is 13.1. The molecule has 0 atom stereocenters. The van der Waals surface area contributed by atoms with E-state index in [-0.39, 0.29) is 0 Å². The Balaban J connectivity index is 2.25. The van der Waals surface area contributed by atoms with Crippen LogP contribution in [0.25, 0.3) is 0 Å². The number of hydrogen-bond acceptors (Lipinski definition) is 4. The molecule has 0 radical (unpaired) electrons. The number of anilines is 2. The predicted octanol–water partition coefficient (Wildman–Crippen LogP) is 2.24. The van der Waals surface area contributed by atoms with Crippen LogP contribution in [-0.4, -0.2) is 19.8 Å². The molecule has 0 bridgehead atoms. The average Bonchev–Trinajstić information content (AvgIpc) is 2.78. The largest absolute Gasteiger partial charge is 0.389 e. The lowest BCUT2D eigenvalue weighted by Gasteiger charge is -2.08. The van der Waals surface area contributed by atoms with E-state index in [2.05, 4.69) is 29.2 Å². The van der Waals surface area contributed by atoms with Gasteiger partial charge in [0, 0.05) is 24.0 Å². The molecule has 3 N–H and O–H groups in total. The van der Waals surface area contributed by atoms with Gasteiger partial charge in [-0.25, -0.2) is 0 Å². The number of rotatable bonds is 4. The van der Waals surface area contributed by atoms with Gasteiger partial charge in [-0.3, -0.25) is 9.67 Å². The number of nitrogens with two attached hydrogens (primary N) is 1. The Bertz CT molecular complexity index is 561. The molecule has 18 heavy (non-hydrogen) atoms. The fourth-order valence-corrected chi connectivity index (χ4v) is 1.73. The molecular formula is C12H15N5S. The first kappa shape index (κ1) is 12.5. The molecule has 6 heteroatoms. The zero-order valence-electron chi connectivity index (χ0n) is 10.3. The predicted molar refractivity (Wildman–Crippen MR) is 76.0 cm³/mol. The number of nitrogens with one attached hydrogen (secondary N) is 1. The third-order valence-electron chi connectivity index (χ3n) is 2.50. The van der Waals surface area contributed by atoms with Gasteiger partial charge in [-0.1, -0.05) is 12.2 Å². The maximum Gasteiger partial charge on any atom is 0.106 e. The Hall–Kier alpha value is -1.95. The summed E-state index contributed by atoms with van der Waals surface area (Å²) in [6.45, 7) is 4.14. The summed E-state index contributed by atoms with van der Waals surface area (Å²) in [5, 5.41) is 7.47. The first-order valence-corrected chi connectivity index (χ1v) is 6.03. The molecule has 0 unspecified atom stereocenters. The first-order chi connectivity index (χ1) is 8.58. The van der Waals surface area contributed by atoms with Crippen molar-refractivity contribution in [2.24, 2.45) is 5.73 Å². The summed E-state index contributed by atoms with van der Waals surface area (Å²) in [5.41, 5.74) is 8.11. The fourth-order valence-electron chi connectivity index (χ4n) is 1.55. The minimum absolute atomic E-state index is 0.324. The van der Waals surface area contributed by atoms with Gasteiger partial charge in [0.25, 0.3) is 0 Å². The molecule has 0 amide bonds. The zero-order valence-corrected chi connectivity index (χ0v) is 11.1. The second-order valence-electron chi connectivity index (χ2n) is 4.21. The van der Waals surface area contributed by atoms with Gasteiger partial charge in [-0.15, -0.1) is 0 Å². The van der Waals surface area contributed by atoms with E-state index in [0.717, 1.165) is 16.9 Å². The maximum atomic E-state index is 5.66. The summed E-state index contributed by atoms with van der Waals surface area (Å²) in [5.74, 6) is 0. The quantitative estimate of drug-likeness (QED) is 0.826. The smallest absolute Gasteiger partial charge is 0.106 e. The molecule has 0 saturated heterocycles. The van der Waals surface area contributed by atoms with Crippen LogP contribution in [0.4, 0.5) is 11.4 Å². The van der Waals surface area contributed by atoms with Crippen LogP contribution in [0.15, 0.2) is 30.9 Å². The van der Waals surface area contributed by atoms with Crippen LogP contribution in [0.1, 0.15) is 25.5 Å². The van der Waals surface area contributed by atoms with Crippen molar-refractivity contribution in [2.75, 3.05) is 5.32 Å². The van der Waals surface area contributed by atoms with E-state index in [4.69, 9.17) is 18.0 Å². The summed E-state index contributed by atoms with van der Waals surface area (Å²) < 4.78 is 1.87. The van der Waals surface area contributed by atoms with Crippen molar-refractivity contribution in [2.45, 2.75) is 19.9 Å².